The van der Waals surface area contributed by atoms with Crippen LogP contribution in [0.2, 0.25) is 0 Å². The standard InChI is InChI=1S/C14H23BN5O7P/c1-8-3-24-28(15,26-7-23-9(2)21)25-4-10(22)14(27-8)20-6-19-11-12(16)17-5-18-13(11)20/h5-6,8,10,14,22,28H,3-4,7,15H2,1-2H3,(H2,16,17,18)/t8-,10-,14+/m0/s1. The molecule has 12 nitrogen and oxygen atoms in total. The molecule has 1 aliphatic heterocycles. The molecule has 0 aliphatic carbocycles. The number of esters is 1. The first-order valence-corrected chi connectivity index (χ1v) is 10.8. The van der Waals surface area contributed by atoms with Gasteiger partial charge in [0.2, 0.25) is 0 Å². The SMILES string of the molecule is B[PH]1(OCOC(C)=O)OC[C@H](C)O[C@@H](n2cnc3c(N)ncnc32)[C@@H](O)CO1. The van der Waals surface area contributed by atoms with Crippen LogP contribution in [0.4, 0.5) is 5.82 Å². The molecule has 3 N–H and O–H groups in total. The van der Waals surface area contributed by atoms with Gasteiger partial charge in [0.15, 0.2) is 0 Å². The van der Waals surface area contributed by atoms with E-state index in [9.17, 15) is 9.90 Å². The molecular weight excluding hydrogens is 392 g/mol. The number of hydrogen-bond donors (Lipinski definition) is 2. The van der Waals surface area contributed by atoms with Crippen LogP contribution in [0, 0.1) is 0 Å². The minimum atomic E-state index is -3.17. The predicted octanol–water partition coefficient (Wildman–Crippen LogP) is -0.700. The van der Waals surface area contributed by atoms with E-state index in [-0.39, 0.29) is 25.8 Å². The summed E-state index contributed by atoms with van der Waals surface area (Å²) >= 11 is 0. The monoisotopic (exact) mass is 415 g/mol. The maximum absolute atomic E-state index is 10.9. The van der Waals surface area contributed by atoms with Crippen molar-refractivity contribution >= 4 is 38.3 Å². The van der Waals surface area contributed by atoms with Crippen LogP contribution in [0.25, 0.3) is 11.2 Å². The number of nitrogens with two attached hydrogens (primary N) is 1. The number of imidazole rings is 1. The summed E-state index contributed by atoms with van der Waals surface area (Å²) in [5.41, 5.74) is 6.66. The van der Waals surface area contributed by atoms with E-state index in [1.165, 1.54) is 19.6 Å². The van der Waals surface area contributed by atoms with Crippen LogP contribution in [-0.2, 0) is 27.8 Å². The number of ether oxygens (including phenoxy) is 2. The molecule has 0 bridgehead atoms. The first-order valence-electron chi connectivity index (χ1n) is 8.61. The zero-order valence-electron chi connectivity index (χ0n) is 15.8. The van der Waals surface area contributed by atoms with E-state index in [1.54, 1.807) is 19.1 Å². The van der Waals surface area contributed by atoms with Gasteiger partial charge in [-0.05, 0) is 0 Å². The Balaban J connectivity index is 1.80. The van der Waals surface area contributed by atoms with Crippen molar-refractivity contribution in [3.05, 3.63) is 12.7 Å². The van der Waals surface area contributed by atoms with Crippen molar-refractivity contribution in [2.45, 2.75) is 32.3 Å². The van der Waals surface area contributed by atoms with Gasteiger partial charge >= 0.3 is 161 Å². The molecule has 154 valence electrons. The van der Waals surface area contributed by atoms with Gasteiger partial charge in [-0.3, -0.25) is 0 Å². The number of nitrogens with zero attached hydrogens (tertiary/aromatic N) is 4. The fourth-order valence-electron chi connectivity index (χ4n) is 2.61. The molecule has 3 atom stereocenters. The van der Waals surface area contributed by atoms with Crippen molar-refractivity contribution in [2.75, 3.05) is 25.7 Å². The molecule has 0 spiro atoms. The van der Waals surface area contributed by atoms with Crippen molar-refractivity contribution in [3.63, 3.8) is 0 Å². The zero-order chi connectivity index (χ0) is 20.3. The first kappa shape index (κ1) is 20.8. The number of carbonyl (C=O) groups is 1. The summed E-state index contributed by atoms with van der Waals surface area (Å²) in [6.07, 6.45) is 0.447. The molecule has 3 heterocycles. The van der Waals surface area contributed by atoms with Crippen molar-refractivity contribution < 1.29 is 32.9 Å². The maximum atomic E-state index is 10.9. The van der Waals surface area contributed by atoms with Gasteiger partial charge in [0.25, 0.3) is 0 Å². The van der Waals surface area contributed by atoms with Crippen molar-refractivity contribution in [2.24, 2.45) is 0 Å². The fraction of sp³-hybridized carbons (Fsp3) is 0.571. The molecule has 1 fully saturated rings. The normalized spacial score (nSPS) is 26.8. The van der Waals surface area contributed by atoms with E-state index in [0.717, 1.165) is 0 Å². The molecule has 3 rings (SSSR count). The van der Waals surface area contributed by atoms with Crippen LogP contribution in [0.1, 0.15) is 20.1 Å². The third-order valence-corrected chi connectivity index (χ3v) is 6.07. The molecule has 2 aromatic rings. The molecule has 14 heteroatoms. The number of aliphatic hydroxyl groups is 1. The van der Waals surface area contributed by atoms with Crippen LogP contribution in [0.15, 0.2) is 12.7 Å². The average molecular weight is 415 g/mol. The Bertz CT molecular complexity index is 842. The second-order valence-corrected chi connectivity index (χ2v) is 8.96. The number of aromatic nitrogens is 4. The summed E-state index contributed by atoms with van der Waals surface area (Å²) in [5, 5.41) is 10.7. The van der Waals surface area contributed by atoms with Gasteiger partial charge in [-0.25, -0.2) is 0 Å². The van der Waals surface area contributed by atoms with Gasteiger partial charge < -0.3 is 0 Å². The summed E-state index contributed by atoms with van der Waals surface area (Å²) < 4.78 is 29.3. The van der Waals surface area contributed by atoms with Gasteiger partial charge in [0, 0.05) is 0 Å². The summed E-state index contributed by atoms with van der Waals surface area (Å²) in [6.45, 7) is 2.77. The van der Waals surface area contributed by atoms with E-state index in [2.05, 4.69) is 15.0 Å². The minimum absolute atomic E-state index is 0.138. The second-order valence-electron chi connectivity index (χ2n) is 6.37. The van der Waals surface area contributed by atoms with Crippen LogP contribution in [0.3, 0.4) is 0 Å². The number of anilines is 1. The molecule has 2 aromatic heterocycles. The summed E-state index contributed by atoms with van der Waals surface area (Å²) in [6, 6.07) is 0. The van der Waals surface area contributed by atoms with Crippen molar-refractivity contribution in [1.82, 2.24) is 19.5 Å². The average Bonchev–Trinajstić information content (AvgIpc) is 3.08. The first-order chi connectivity index (χ1) is 13.3. The fourth-order valence-corrected chi connectivity index (χ4v) is 4.14. The van der Waals surface area contributed by atoms with Crippen LogP contribution in [-0.4, -0.2) is 70.4 Å². The van der Waals surface area contributed by atoms with Crippen LogP contribution in [0.5, 0.6) is 0 Å². The molecular formula is C14H23BN5O7P. The van der Waals surface area contributed by atoms with Gasteiger partial charge in [0.1, 0.15) is 0 Å². The quantitative estimate of drug-likeness (QED) is 0.282. The van der Waals surface area contributed by atoms with Crippen LogP contribution < -0.4 is 5.73 Å². The summed E-state index contributed by atoms with van der Waals surface area (Å²) in [5.74, 6) is -0.251. The summed E-state index contributed by atoms with van der Waals surface area (Å²) in [4.78, 5) is 23.2. The van der Waals surface area contributed by atoms with E-state index in [0.29, 0.717) is 11.2 Å². The summed E-state index contributed by atoms with van der Waals surface area (Å²) in [7, 11) is -1.52. The Morgan fingerprint density at radius 3 is 2.93 bits per heavy atom. The Morgan fingerprint density at radius 2 is 2.18 bits per heavy atom. The van der Waals surface area contributed by atoms with Gasteiger partial charge in [0.05, 0.1) is 0 Å². The molecule has 1 aliphatic rings. The topological polar surface area (TPSA) is 153 Å². The van der Waals surface area contributed by atoms with Gasteiger partial charge in [-0.2, -0.15) is 0 Å². The second kappa shape index (κ2) is 8.64. The van der Waals surface area contributed by atoms with E-state index in [4.69, 9.17) is 28.8 Å². The molecule has 1 saturated heterocycles. The zero-order valence-corrected chi connectivity index (χ0v) is 16.8. The van der Waals surface area contributed by atoms with Crippen LogP contribution >= 0.6 is 7.82 Å². The third-order valence-electron chi connectivity index (χ3n) is 4.04. The number of aliphatic hydroxyl groups excluding tert-OH is 1. The number of fused-ring (bicyclic) bond motifs is 1. The number of hydrogen-bond acceptors (Lipinski definition) is 11. The van der Waals surface area contributed by atoms with E-state index < -0.39 is 32.2 Å². The number of nitrogen functional groups attached to an aromatic ring is 1. The molecule has 0 amide bonds. The Kier molecular flexibility index (Phi) is 6.43. The van der Waals surface area contributed by atoms with E-state index in [1.807, 2.05) is 0 Å². The van der Waals surface area contributed by atoms with Gasteiger partial charge in [-0.1, -0.05) is 0 Å². The third kappa shape index (κ3) is 4.74. The molecule has 0 radical (unpaired) electrons. The Hall–Kier alpha value is -1.89. The van der Waals surface area contributed by atoms with E-state index >= 15 is 0 Å². The Morgan fingerprint density at radius 1 is 1.43 bits per heavy atom. The van der Waals surface area contributed by atoms with Crippen molar-refractivity contribution in [3.8, 4) is 0 Å². The number of rotatable bonds is 4. The van der Waals surface area contributed by atoms with Gasteiger partial charge in [-0.15, -0.1) is 0 Å². The molecule has 0 unspecified atom stereocenters. The molecule has 0 saturated carbocycles. The molecule has 0 aromatic carbocycles. The van der Waals surface area contributed by atoms with Crippen molar-refractivity contribution in [1.29, 1.82) is 0 Å². The predicted molar refractivity (Wildman–Crippen MR) is 102 cm³/mol. The number of carbonyl (C=O) groups excluding carboxylic acids is 1. The molecule has 28 heavy (non-hydrogen) atoms. The Labute approximate surface area is 162 Å².